The van der Waals surface area contributed by atoms with Gasteiger partial charge in [-0.2, -0.15) is 0 Å². The Balaban J connectivity index is 2.90. The Morgan fingerprint density at radius 1 is 1.12 bits per heavy atom. The van der Waals surface area contributed by atoms with Crippen LogP contribution in [-0.4, -0.2) is 81.5 Å². The molecule has 1 rings (SSSR count). The van der Waals surface area contributed by atoms with Crippen molar-refractivity contribution in [3.63, 3.8) is 0 Å². The van der Waals surface area contributed by atoms with Crippen molar-refractivity contribution in [2.24, 2.45) is 17.4 Å². The molecule has 32 heavy (non-hydrogen) atoms. The molecular formula is C20H35N5O7. The molecule has 1 aliphatic heterocycles. The molecular weight excluding hydrogens is 422 g/mol. The van der Waals surface area contributed by atoms with E-state index >= 15 is 0 Å². The fourth-order valence-electron chi connectivity index (χ4n) is 3.56. The number of carboxylic acids is 1. The fourth-order valence-corrected chi connectivity index (χ4v) is 3.56. The number of likely N-dealkylation sites (tertiary alicyclic amines) is 1. The number of aliphatic hydroxyl groups is 1. The van der Waals surface area contributed by atoms with E-state index in [-0.39, 0.29) is 31.7 Å². The molecule has 1 aliphatic rings. The summed E-state index contributed by atoms with van der Waals surface area (Å²) >= 11 is 0. The first-order chi connectivity index (χ1) is 14.8. The lowest BCUT2D eigenvalue weighted by Crippen LogP contribution is -2.59. The van der Waals surface area contributed by atoms with Crippen molar-refractivity contribution in [1.82, 2.24) is 15.5 Å². The first-order valence-electron chi connectivity index (χ1n) is 10.7. The van der Waals surface area contributed by atoms with E-state index in [2.05, 4.69) is 10.6 Å². The molecule has 12 nitrogen and oxygen atoms in total. The van der Waals surface area contributed by atoms with Gasteiger partial charge in [-0.15, -0.1) is 0 Å². The molecule has 0 aromatic carbocycles. The summed E-state index contributed by atoms with van der Waals surface area (Å²) in [5, 5.41) is 24.2. The summed E-state index contributed by atoms with van der Waals surface area (Å²) in [6, 6.07) is -4.48. The summed E-state index contributed by atoms with van der Waals surface area (Å²) in [6.07, 6.45) is -0.495. The van der Waals surface area contributed by atoms with Crippen LogP contribution >= 0.6 is 0 Å². The second-order valence-electron chi connectivity index (χ2n) is 8.56. The minimum Gasteiger partial charge on any atom is -0.480 e. The van der Waals surface area contributed by atoms with E-state index in [0.29, 0.717) is 12.8 Å². The number of carboxylic acid groups (broad SMARTS) is 1. The predicted molar refractivity (Wildman–Crippen MR) is 114 cm³/mol. The molecule has 4 amide bonds. The number of rotatable bonds is 12. The highest BCUT2D eigenvalue weighted by atomic mass is 16.4. The van der Waals surface area contributed by atoms with Crippen molar-refractivity contribution < 1.29 is 34.2 Å². The average molecular weight is 458 g/mol. The average Bonchev–Trinajstić information content (AvgIpc) is 3.17. The molecule has 0 aromatic rings. The van der Waals surface area contributed by atoms with Crippen LogP contribution in [0.4, 0.5) is 0 Å². The summed E-state index contributed by atoms with van der Waals surface area (Å²) in [5.41, 5.74) is 10.9. The molecule has 5 atom stereocenters. The normalized spacial score (nSPS) is 19.7. The van der Waals surface area contributed by atoms with Gasteiger partial charge in [-0.3, -0.25) is 19.2 Å². The van der Waals surface area contributed by atoms with E-state index in [9.17, 15) is 34.2 Å². The molecule has 5 unspecified atom stereocenters. The van der Waals surface area contributed by atoms with Gasteiger partial charge in [-0.1, -0.05) is 13.8 Å². The van der Waals surface area contributed by atoms with E-state index in [1.54, 1.807) is 0 Å². The molecule has 182 valence electrons. The van der Waals surface area contributed by atoms with E-state index < -0.39 is 59.9 Å². The number of nitrogens with zero attached hydrogens (tertiary/aromatic N) is 1. The minimum atomic E-state index is -1.34. The molecule has 8 N–H and O–H groups in total. The number of nitrogens with two attached hydrogens (primary N) is 2. The van der Waals surface area contributed by atoms with Crippen molar-refractivity contribution >= 4 is 29.6 Å². The van der Waals surface area contributed by atoms with Gasteiger partial charge in [0, 0.05) is 13.0 Å². The van der Waals surface area contributed by atoms with Crippen LogP contribution in [0.1, 0.15) is 52.9 Å². The van der Waals surface area contributed by atoms with E-state index in [1.165, 1.54) is 11.8 Å². The van der Waals surface area contributed by atoms with Crippen LogP contribution in [0.5, 0.6) is 0 Å². The molecule has 1 fully saturated rings. The number of aliphatic hydroxyl groups excluding tert-OH is 1. The molecule has 0 aliphatic carbocycles. The summed E-state index contributed by atoms with van der Waals surface area (Å²) in [4.78, 5) is 61.7. The smallest absolute Gasteiger partial charge is 0.326 e. The van der Waals surface area contributed by atoms with Crippen LogP contribution in [0.25, 0.3) is 0 Å². The number of aliphatic carboxylic acids is 1. The lowest BCUT2D eigenvalue weighted by molar-refractivity contribution is -0.146. The second-order valence-corrected chi connectivity index (χ2v) is 8.56. The number of nitrogens with one attached hydrogen (secondary N) is 2. The van der Waals surface area contributed by atoms with Crippen molar-refractivity contribution in [2.45, 2.75) is 83.1 Å². The van der Waals surface area contributed by atoms with Crippen LogP contribution < -0.4 is 22.1 Å². The Labute approximate surface area is 187 Å². The topological polar surface area (TPSA) is 205 Å². The first-order valence-corrected chi connectivity index (χ1v) is 10.7. The minimum absolute atomic E-state index is 0.153. The maximum Gasteiger partial charge on any atom is 0.326 e. The maximum atomic E-state index is 13.1. The predicted octanol–water partition coefficient (Wildman–Crippen LogP) is -1.95. The Morgan fingerprint density at radius 2 is 1.75 bits per heavy atom. The van der Waals surface area contributed by atoms with Crippen molar-refractivity contribution in [2.75, 3.05) is 6.54 Å². The Hall–Kier alpha value is -2.73. The van der Waals surface area contributed by atoms with Gasteiger partial charge in [0.2, 0.25) is 23.6 Å². The van der Waals surface area contributed by atoms with Crippen LogP contribution in [0, 0.1) is 5.92 Å². The van der Waals surface area contributed by atoms with Gasteiger partial charge in [-0.25, -0.2) is 4.79 Å². The Bertz CT molecular complexity index is 712. The van der Waals surface area contributed by atoms with Gasteiger partial charge in [0.15, 0.2) is 0 Å². The van der Waals surface area contributed by atoms with E-state index in [1.807, 2.05) is 13.8 Å². The highest BCUT2D eigenvalue weighted by molar-refractivity contribution is 5.94. The quantitative estimate of drug-likeness (QED) is 0.194. The number of carbonyl (C=O) groups excluding carboxylic acids is 4. The van der Waals surface area contributed by atoms with Crippen LogP contribution in [-0.2, 0) is 24.0 Å². The molecule has 12 heteroatoms. The number of hydrogen-bond acceptors (Lipinski definition) is 7. The Morgan fingerprint density at radius 3 is 2.25 bits per heavy atom. The highest BCUT2D eigenvalue weighted by Gasteiger charge is 2.40. The fraction of sp³-hybridized carbons (Fsp3) is 0.750. The van der Waals surface area contributed by atoms with Crippen LogP contribution in [0.15, 0.2) is 0 Å². The summed E-state index contributed by atoms with van der Waals surface area (Å²) in [6.45, 7) is 5.33. The SMILES string of the molecule is CC(C)CC(N)C(=O)NC(C(=O)N1CCCC1C(=O)NC(CCC(N)=O)C(=O)O)C(C)O. The standard InChI is InChI=1S/C20H35N5O7/c1-10(2)9-12(21)17(28)24-16(11(3)26)19(30)25-8-4-5-14(25)18(29)23-13(20(31)32)6-7-15(22)27/h10-14,16,26H,4-9,21H2,1-3H3,(H2,22,27)(H,23,29)(H,24,28)(H,31,32). The van der Waals surface area contributed by atoms with Crippen LogP contribution in [0.2, 0.25) is 0 Å². The third-order valence-corrected chi connectivity index (χ3v) is 5.24. The number of hydrogen-bond donors (Lipinski definition) is 6. The number of primary amides is 1. The Kier molecular flexibility index (Phi) is 10.5. The summed E-state index contributed by atoms with van der Waals surface area (Å²) in [5.74, 6) is -3.82. The first kappa shape index (κ1) is 27.3. The summed E-state index contributed by atoms with van der Waals surface area (Å²) in [7, 11) is 0. The maximum absolute atomic E-state index is 13.1. The lowest BCUT2D eigenvalue weighted by atomic mass is 10.0. The van der Waals surface area contributed by atoms with Gasteiger partial charge in [-0.05, 0) is 38.5 Å². The number of amides is 4. The van der Waals surface area contributed by atoms with Crippen molar-refractivity contribution in [1.29, 1.82) is 0 Å². The van der Waals surface area contributed by atoms with Crippen LogP contribution in [0.3, 0.4) is 0 Å². The third kappa shape index (κ3) is 8.08. The molecule has 0 radical (unpaired) electrons. The van der Waals surface area contributed by atoms with Gasteiger partial charge in [0.05, 0.1) is 12.1 Å². The van der Waals surface area contributed by atoms with Gasteiger partial charge >= 0.3 is 5.97 Å². The molecule has 1 heterocycles. The zero-order chi connectivity index (χ0) is 24.6. The van der Waals surface area contributed by atoms with Gasteiger partial charge in [0.1, 0.15) is 18.1 Å². The van der Waals surface area contributed by atoms with E-state index in [0.717, 1.165) is 0 Å². The van der Waals surface area contributed by atoms with Gasteiger partial charge in [0.25, 0.3) is 0 Å². The lowest BCUT2D eigenvalue weighted by Gasteiger charge is -2.31. The zero-order valence-corrected chi connectivity index (χ0v) is 18.7. The molecule has 0 bridgehead atoms. The molecule has 0 spiro atoms. The molecule has 0 saturated carbocycles. The summed E-state index contributed by atoms with van der Waals surface area (Å²) < 4.78 is 0. The van der Waals surface area contributed by atoms with Gasteiger partial charge < -0.3 is 37.2 Å². The second kappa shape index (κ2) is 12.3. The van der Waals surface area contributed by atoms with E-state index in [4.69, 9.17) is 11.5 Å². The largest absolute Gasteiger partial charge is 0.480 e. The third-order valence-electron chi connectivity index (χ3n) is 5.24. The number of carbonyl (C=O) groups is 5. The van der Waals surface area contributed by atoms with Crippen molar-refractivity contribution in [3.8, 4) is 0 Å². The molecule has 0 aromatic heterocycles. The van der Waals surface area contributed by atoms with Crippen molar-refractivity contribution in [3.05, 3.63) is 0 Å². The monoisotopic (exact) mass is 457 g/mol. The molecule has 1 saturated heterocycles. The highest BCUT2D eigenvalue weighted by Crippen LogP contribution is 2.20. The zero-order valence-electron chi connectivity index (χ0n) is 18.7.